The maximum absolute atomic E-state index is 6.30. The number of unbranched alkanes of at least 4 members (excludes halogenated alkanes) is 1. The zero-order valence-electron chi connectivity index (χ0n) is 11.6. The lowest BCUT2D eigenvalue weighted by Gasteiger charge is -2.09. The van der Waals surface area contributed by atoms with Crippen molar-refractivity contribution in [3.8, 4) is 0 Å². The summed E-state index contributed by atoms with van der Waals surface area (Å²) in [7, 11) is 0. The Morgan fingerprint density at radius 2 is 2.11 bits per heavy atom. The van der Waals surface area contributed by atoms with Crippen LogP contribution in [0.3, 0.4) is 0 Å². The van der Waals surface area contributed by atoms with Gasteiger partial charge in [0.1, 0.15) is 0 Å². The first-order valence-corrected chi connectivity index (χ1v) is 8.11. The van der Waals surface area contributed by atoms with Gasteiger partial charge < -0.3 is 5.32 Å². The van der Waals surface area contributed by atoms with E-state index in [1.54, 1.807) is 0 Å². The second-order valence-corrected chi connectivity index (χ2v) is 6.54. The highest BCUT2D eigenvalue weighted by molar-refractivity contribution is 7.99. The van der Waals surface area contributed by atoms with Crippen LogP contribution in [0.15, 0.2) is 23.1 Å². The van der Waals surface area contributed by atoms with Crippen LogP contribution in [0.25, 0.3) is 0 Å². The largest absolute Gasteiger partial charge is 0.312 e. The molecule has 0 aliphatic rings. The summed E-state index contributed by atoms with van der Waals surface area (Å²) >= 11 is 8.16. The van der Waals surface area contributed by atoms with E-state index in [0.717, 1.165) is 23.9 Å². The molecule has 0 aliphatic carbocycles. The Labute approximate surface area is 121 Å². The van der Waals surface area contributed by atoms with Gasteiger partial charge in [0, 0.05) is 11.4 Å². The minimum absolute atomic E-state index is 0.685. The monoisotopic (exact) mass is 285 g/mol. The molecular weight excluding hydrogens is 262 g/mol. The van der Waals surface area contributed by atoms with Crippen molar-refractivity contribution in [3.63, 3.8) is 0 Å². The van der Waals surface area contributed by atoms with Crippen LogP contribution in [0.5, 0.6) is 0 Å². The number of hydrogen-bond acceptors (Lipinski definition) is 2. The Morgan fingerprint density at radius 1 is 1.33 bits per heavy atom. The van der Waals surface area contributed by atoms with Gasteiger partial charge in [-0.1, -0.05) is 44.9 Å². The lowest BCUT2D eigenvalue weighted by molar-refractivity contribution is 0.552. The van der Waals surface area contributed by atoms with Crippen LogP contribution < -0.4 is 5.32 Å². The van der Waals surface area contributed by atoms with E-state index < -0.39 is 0 Å². The van der Waals surface area contributed by atoms with Crippen LogP contribution in [-0.2, 0) is 6.54 Å². The van der Waals surface area contributed by atoms with Crippen molar-refractivity contribution in [3.05, 3.63) is 28.8 Å². The molecule has 102 valence electrons. The summed E-state index contributed by atoms with van der Waals surface area (Å²) in [6.45, 7) is 8.59. The molecule has 1 aromatic carbocycles. The van der Waals surface area contributed by atoms with Crippen molar-refractivity contribution in [1.82, 2.24) is 5.32 Å². The highest BCUT2D eigenvalue weighted by Gasteiger charge is 2.03. The standard InChI is InChI=1S/C15H24ClNS/c1-4-5-8-18-15-7-6-13(9-14(15)16)11-17-10-12(2)3/h6-7,9,12,17H,4-5,8,10-11H2,1-3H3. The zero-order chi connectivity index (χ0) is 13.4. The Balaban J connectivity index is 2.45. The van der Waals surface area contributed by atoms with Gasteiger partial charge in [-0.15, -0.1) is 11.8 Å². The fraction of sp³-hybridized carbons (Fsp3) is 0.600. The third-order valence-corrected chi connectivity index (χ3v) is 4.22. The molecule has 1 aromatic rings. The van der Waals surface area contributed by atoms with E-state index in [0.29, 0.717) is 5.92 Å². The molecule has 1 nitrogen and oxygen atoms in total. The fourth-order valence-corrected chi connectivity index (χ4v) is 2.98. The molecule has 1 N–H and O–H groups in total. The highest BCUT2D eigenvalue weighted by Crippen LogP contribution is 2.28. The number of benzene rings is 1. The van der Waals surface area contributed by atoms with E-state index >= 15 is 0 Å². The van der Waals surface area contributed by atoms with Crippen molar-refractivity contribution in [1.29, 1.82) is 0 Å². The molecule has 0 heterocycles. The van der Waals surface area contributed by atoms with Crippen LogP contribution in [0.4, 0.5) is 0 Å². The molecule has 0 unspecified atom stereocenters. The maximum Gasteiger partial charge on any atom is 0.0545 e. The maximum atomic E-state index is 6.30. The SMILES string of the molecule is CCCCSc1ccc(CNCC(C)C)cc1Cl. The van der Waals surface area contributed by atoms with Crippen LogP contribution in [0.2, 0.25) is 5.02 Å². The Bertz CT molecular complexity index is 352. The lowest BCUT2D eigenvalue weighted by Crippen LogP contribution is -2.18. The molecule has 3 heteroatoms. The Morgan fingerprint density at radius 3 is 2.72 bits per heavy atom. The molecular formula is C15H24ClNS. The van der Waals surface area contributed by atoms with Crippen LogP contribution >= 0.6 is 23.4 Å². The van der Waals surface area contributed by atoms with Gasteiger partial charge in [-0.05, 0) is 42.3 Å². The van der Waals surface area contributed by atoms with Crippen molar-refractivity contribution in [2.75, 3.05) is 12.3 Å². The first-order chi connectivity index (χ1) is 8.63. The Kier molecular flexibility index (Phi) is 7.80. The van der Waals surface area contributed by atoms with Gasteiger partial charge in [0.25, 0.3) is 0 Å². The van der Waals surface area contributed by atoms with Crippen LogP contribution in [-0.4, -0.2) is 12.3 Å². The summed E-state index contributed by atoms with van der Waals surface area (Å²) in [5.74, 6) is 1.84. The van der Waals surface area contributed by atoms with Gasteiger partial charge in [0.2, 0.25) is 0 Å². The number of rotatable bonds is 8. The fourth-order valence-electron chi connectivity index (χ4n) is 1.60. The van der Waals surface area contributed by atoms with Crippen LogP contribution in [0.1, 0.15) is 39.2 Å². The summed E-state index contributed by atoms with van der Waals surface area (Å²) in [4.78, 5) is 1.21. The number of halogens is 1. The molecule has 0 bridgehead atoms. The second-order valence-electron chi connectivity index (χ2n) is 4.99. The van der Waals surface area contributed by atoms with E-state index in [9.17, 15) is 0 Å². The van der Waals surface area contributed by atoms with Gasteiger partial charge >= 0.3 is 0 Å². The van der Waals surface area contributed by atoms with Gasteiger partial charge in [0.15, 0.2) is 0 Å². The molecule has 0 radical (unpaired) electrons. The van der Waals surface area contributed by atoms with E-state index in [4.69, 9.17) is 11.6 Å². The van der Waals surface area contributed by atoms with Crippen molar-refractivity contribution in [2.45, 2.75) is 45.1 Å². The summed E-state index contributed by atoms with van der Waals surface area (Å²) in [6, 6.07) is 6.41. The van der Waals surface area contributed by atoms with E-state index in [2.05, 4.69) is 44.3 Å². The molecule has 0 aliphatic heterocycles. The van der Waals surface area contributed by atoms with Crippen molar-refractivity contribution in [2.24, 2.45) is 5.92 Å². The minimum Gasteiger partial charge on any atom is -0.312 e. The number of thioether (sulfide) groups is 1. The third kappa shape index (κ3) is 6.12. The third-order valence-electron chi connectivity index (χ3n) is 2.63. The van der Waals surface area contributed by atoms with Gasteiger partial charge in [0.05, 0.1) is 5.02 Å². The molecule has 0 atom stereocenters. The van der Waals surface area contributed by atoms with Crippen molar-refractivity contribution < 1.29 is 0 Å². The quantitative estimate of drug-likeness (QED) is 0.534. The van der Waals surface area contributed by atoms with E-state index in [1.165, 1.54) is 23.3 Å². The molecule has 0 fully saturated rings. The van der Waals surface area contributed by atoms with Crippen molar-refractivity contribution >= 4 is 23.4 Å². The second kappa shape index (κ2) is 8.84. The predicted octanol–water partition coefficient (Wildman–Crippen LogP) is 4.98. The van der Waals surface area contributed by atoms with Gasteiger partial charge in [-0.2, -0.15) is 0 Å². The normalized spacial score (nSPS) is 11.2. The van der Waals surface area contributed by atoms with E-state index in [-0.39, 0.29) is 0 Å². The first kappa shape index (κ1) is 15.9. The minimum atomic E-state index is 0.685. The van der Waals surface area contributed by atoms with Gasteiger partial charge in [-0.25, -0.2) is 0 Å². The summed E-state index contributed by atoms with van der Waals surface area (Å²) in [6.07, 6.45) is 2.49. The Hall–Kier alpha value is -0.180. The molecule has 0 aromatic heterocycles. The first-order valence-electron chi connectivity index (χ1n) is 6.75. The smallest absolute Gasteiger partial charge is 0.0545 e. The number of hydrogen-bond donors (Lipinski definition) is 1. The molecule has 0 amide bonds. The topological polar surface area (TPSA) is 12.0 Å². The van der Waals surface area contributed by atoms with Gasteiger partial charge in [-0.3, -0.25) is 0 Å². The zero-order valence-corrected chi connectivity index (χ0v) is 13.2. The molecule has 1 rings (SSSR count). The average molecular weight is 286 g/mol. The highest BCUT2D eigenvalue weighted by atomic mass is 35.5. The predicted molar refractivity (Wildman–Crippen MR) is 83.6 cm³/mol. The van der Waals surface area contributed by atoms with Crippen LogP contribution in [0, 0.1) is 5.92 Å². The summed E-state index contributed by atoms with van der Waals surface area (Å²) in [5, 5.41) is 4.32. The molecule has 0 spiro atoms. The average Bonchev–Trinajstić information content (AvgIpc) is 2.31. The van der Waals surface area contributed by atoms with E-state index in [1.807, 2.05) is 11.8 Å². The molecule has 0 saturated heterocycles. The number of nitrogens with one attached hydrogen (secondary N) is 1. The summed E-state index contributed by atoms with van der Waals surface area (Å²) in [5.41, 5.74) is 1.26. The molecule has 0 saturated carbocycles. The molecule has 18 heavy (non-hydrogen) atoms. The summed E-state index contributed by atoms with van der Waals surface area (Å²) < 4.78 is 0. The lowest BCUT2D eigenvalue weighted by atomic mass is 10.2.